The zero-order valence-corrected chi connectivity index (χ0v) is 12.6. The molecule has 0 spiro atoms. The Morgan fingerprint density at radius 2 is 2.14 bits per heavy atom. The van der Waals surface area contributed by atoms with E-state index < -0.39 is 5.97 Å². The molecule has 2 atom stereocenters. The monoisotopic (exact) mass is 288 g/mol. The van der Waals surface area contributed by atoms with Crippen LogP contribution in [0, 0.1) is 13.8 Å². The lowest BCUT2D eigenvalue weighted by Crippen LogP contribution is -2.18. The average Bonchev–Trinajstić information content (AvgIpc) is 2.95. The molecule has 2 unspecified atom stereocenters. The average molecular weight is 288 g/mol. The zero-order chi connectivity index (χ0) is 15.1. The minimum atomic E-state index is -0.847. The van der Waals surface area contributed by atoms with E-state index in [1.54, 1.807) is 0 Å². The first-order valence-corrected chi connectivity index (χ1v) is 7.28. The Hall–Kier alpha value is -1.88. The van der Waals surface area contributed by atoms with Gasteiger partial charge in [-0.3, -0.25) is 4.79 Å². The number of hydrogen-bond donors (Lipinski definition) is 1. The molecule has 0 saturated carbocycles. The molecule has 1 aromatic heterocycles. The lowest BCUT2D eigenvalue weighted by atomic mass is 10.0. The molecule has 5 heteroatoms. The third-order valence-electron chi connectivity index (χ3n) is 4.39. The summed E-state index contributed by atoms with van der Waals surface area (Å²) in [5.41, 5.74) is 4.09. The topological polar surface area (TPSA) is 64.4 Å². The van der Waals surface area contributed by atoms with Crippen LogP contribution in [0.3, 0.4) is 0 Å². The third kappa shape index (κ3) is 2.42. The van der Waals surface area contributed by atoms with Gasteiger partial charge in [0.2, 0.25) is 0 Å². The number of carbonyl (C=O) groups is 1. The van der Waals surface area contributed by atoms with Crippen molar-refractivity contribution in [2.45, 2.75) is 45.8 Å². The maximum atomic E-state index is 11.2. The van der Waals surface area contributed by atoms with Crippen LogP contribution in [0.4, 0.5) is 0 Å². The molecule has 0 aliphatic carbocycles. The van der Waals surface area contributed by atoms with Crippen LogP contribution in [-0.4, -0.2) is 33.3 Å². The van der Waals surface area contributed by atoms with Gasteiger partial charge in [-0.2, -0.15) is 0 Å². The minimum Gasteiger partial charge on any atom is -0.480 e. The molecule has 1 fully saturated rings. The summed E-state index contributed by atoms with van der Waals surface area (Å²) in [6.07, 6.45) is 0.971. The van der Waals surface area contributed by atoms with Crippen molar-refractivity contribution >= 4 is 17.0 Å². The van der Waals surface area contributed by atoms with Crippen LogP contribution in [0.25, 0.3) is 11.0 Å². The maximum Gasteiger partial charge on any atom is 0.323 e. The molecular weight excluding hydrogens is 268 g/mol. The Morgan fingerprint density at radius 3 is 2.76 bits per heavy atom. The van der Waals surface area contributed by atoms with Crippen molar-refractivity contribution in [3.63, 3.8) is 0 Å². The number of aromatic nitrogens is 2. The van der Waals surface area contributed by atoms with Crippen molar-refractivity contribution in [1.82, 2.24) is 9.55 Å². The largest absolute Gasteiger partial charge is 0.480 e. The Kier molecular flexibility index (Phi) is 3.45. The van der Waals surface area contributed by atoms with E-state index in [4.69, 9.17) is 9.72 Å². The molecule has 1 N–H and O–H groups in total. The van der Waals surface area contributed by atoms with Gasteiger partial charge in [0.05, 0.1) is 17.1 Å². The van der Waals surface area contributed by atoms with E-state index in [-0.39, 0.29) is 18.6 Å². The number of fused-ring (bicyclic) bond motifs is 1. The molecule has 1 aliphatic heterocycles. The second-order valence-electron chi connectivity index (χ2n) is 5.85. The van der Waals surface area contributed by atoms with E-state index in [1.165, 1.54) is 5.56 Å². The molecule has 3 rings (SSSR count). The van der Waals surface area contributed by atoms with Crippen LogP contribution in [0.1, 0.15) is 36.2 Å². The van der Waals surface area contributed by atoms with Crippen molar-refractivity contribution in [3.8, 4) is 0 Å². The molecule has 0 amide bonds. The van der Waals surface area contributed by atoms with Crippen molar-refractivity contribution in [1.29, 1.82) is 0 Å². The highest BCUT2D eigenvalue weighted by atomic mass is 16.5. The van der Waals surface area contributed by atoms with Gasteiger partial charge in [0, 0.05) is 12.5 Å². The number of aryl methyl sites for hydroxylation is 2. The highest BCUT2D eigenvalue weighted by Gasteiger charge is 2.31. The molecule has 5 nitrogen and oxygen atoms in total. The number of hydrogen-bond acceptors (Lipinski definition) is 3. The molecule has 1 aromatic carbocycles. The maximum absolute atomic E-state index is 11.2. The number of ether oxygens (including phenoxy) is 1. The summed E-state index contributed by atoms with van der Waals surface area (Å²) in [4.78, 5) is 16.0. The smallest absolute Gasteiger partial charge is 0.323 e. The molecule has 2 aromatic rings. The van der Waals surface area contributed by atoms with Crippen molar-refractivity contribution < 1.29 is 14.6 Å². The fourth-order valence-electron chi connectivity index (χ4n) is 3.05. The van der Waals surface area contributed by atoms with Crippen molar-refractivity contribution in [3.05, 3.63) is 29.1 Å². The molecule has 0 bridgehead atoms. The highest BCUT2D eigenvalue weighted by Crippen LogP contribution is 2.33. The van der Waals surface area contributed by atoms with Crippen LogP contribution in [-0.2, 0) is 16.1 Å². The molecule has 1 aliphatic rings. The first-order chi connectivity index (χ1) is 9.97. The summed E-state index contributed by atoms with van der Waals surface area (Å²) in [6, 6.07) is 4.07. The third-order valence-corrected chi connectivity index (χ3v) is 4.39. The summed E-state index contributed by atoms with van der Waals surface area (Å²) in [6.45, 7) is 6.76. The number of nitrogens with zero attached hydrogens (tertiary/aromatic N) is 2. The lowest BCUT2D eigenvalue weighted by Gasteiger charge is -2.15. The van der Waals surface area contributed by atoms with Crippen LogP contribution in [0.15, 0.2) is 12.1 Å². The predicted octanol–water partition coefficient (Wildman–Crippen LogP) is 2.63. The first-order valence-electron chi connectivity index (χ1n) is 7.28. The van der Waals surface area contributed by atoms with Crippen LogP contribution in [0.2, 0.25) is 0 Å². The second-order valence-corrected chi connectivity index (χ2v) is 5.85. The van der Waals surface area contributed by atoms with E-state index >= 15 is 0 Å². The highest BCUT2D eigenvalue weighted by molar-refractivity contribution is 5.80. The second kappa shape index (κ2) is 5.15. The summed E-state index contributed by atoms with van der Waals surface area (Å²) >= 11 is 0. The number of carboxylic acids is 1. The zero-order valence-electron chi connectivity index (χ0n) is 12.6. The Balaban J connectivity index is 2.19. The molecular formula is C16H20N2O3. The lowest BCUT2D eigenvalue weighted by molar-refractivity contribution is -0.137. The van der Waals surface area contributed by atoms with E-state index in [0.717, 1.165) is 28.8 Å². The molecule has 112 valence electrons. The normalized spacial score (nSPS) is 22.0. The summed E-state index contributed by atoms with van der Waals surface area (Å²) < 4.78 is 7.46. The SMILES string of the molecule is Cc1cc2nc(C3CCOC3C)n(CC(=O)O)c2cc1C. The molecule has 21 heavy (non-hydrogen) atoms. The number of benzene rings is 1. The number of imidazole rings is 1. The summed E-state index contributed by atoms with van der Waals surface area (Å²) in [5.74, 6) is 0.153. The van der Waals surface area contributed by atoms with Gasteiger partial charge < -0.3 is 14.4 Å². The van der Waals surface area contributed by atoms with Gasteiger partial charge in [-0.25, -0.2) is 4.98 Å². The minimum absolute atomic E-state index is 0.0580. The van der Waals surface area contributed by atoms with E-state index in [2.05, 4.69) is 0 Å². The molecule has 0 radical (unpaired) electrons. The standard InChI is InChI=1S/C16H20N2O3/c1-9-6-13-14(7-10(9)2)18(8-15(19)20)16(17-13)12-4-5-21-11(12)3/h6-7,11-12H,4-5,8H2,1-3H3,(H,19,20). The Labute approximate surface area is 123 Å². The molecule has 2 heterocycles. The van der Waals surface area contributed by atoms with Crippen LogP contribution >= 0.6 is 0 Å². The number of carboxylic acid groups (broad SMARTS) is 1. The van der Waals surface area contributed by atoms with Gasteiger partial charge in [0.25, 0.3) is 0 Å². The predicted molar refractivity (Wildman–Crippen MR) is 79.6 cm³/mol. The summed E-state index contributed by atoms with van der Waals surface area (Å²) in [5, 5.41) is 9.22. The fraction of sp³-hybridized carbons (Fsp3) is 0.500. The first kappa shape index (κ1) is 14.1. The van der Waals surface area contributed by atoms with Crippen molar-refractivity contribution in [2.75, 3.05) is 6.61 Å². The van der Waals surface area contributed by atoms with Gasteiger partial charge >= 0.3 is 5.97 Å². The van der Waals surface area contributed by atoms with E-state index in [9.17, 15) is 9.90 Å². The van der Waals surface area contributed by atoms with Gasteiger partial charge in [-0.05, 0) is 50.5 Å². The van der Waals surface area contributed by atoms with Crippen LogP contribution < -0.4 is 0 Å². The summed E-state index contributed by atoms with van der Waals surface area (Å²) in [7, 11) is 0. The Morgan fingerprint density at radius 1 is 1.43 bits per heavy atom. The molecule has 1 saturated heterocycles. The van der Waals surface area contributed by atoms with Gasteiger partial charge in [0.15, 0.2) is 0 Å². The van der Waals surface area contributed by atoms with Gasteiger partial charge in [0.1, 0.15) is 12.4 Å². The Bertz CT molecular complexity index is 705. The number of aliphatic carboxylic acids is 1. The quantitative estimate of drug-likeness (QED) is 0.943. The van der Waals surface area contributed by atoms with Gasteiger partial charge in [-0.15, -0.1) is 0 Å². The number of rotatable bonds is 3. The van der Waals surface area contributed by atoms with Crippen LogP contribution in [0.5, 0.6) is 0 Å². The van der Waals surface area contributed by atoms with E-state index in [1.807, 2.05) is 37.5 Å². The van der Waals surface area contributed by atoms with E-state index in [0.29, 0.717) is 6.61 Å². The van der Waals surface area contributed by atoms with Crippen molar-refractivity contribution in [2.24, 2.45) is 0 Å². The fourth-order valence-corrected chi connectivity index (χ4v) is 3.05. The van der Waals surface area contributed by atoms with Gasteiger partial charge in [-0.1, -0.05) is 0 Å².